The second-order valence-corrected chi connectivity index (χ2v) is 7.71. The van der Waals surface area contributed by atoms with Crippen molar-refractivity contribution < 1.29 is 4.79 Å². The van der Waals surface area contributed by atoms with Crippen LogP contribution in [0.2, 0.25) is 0 Å². The Morgan fingerprint density at radius 1 is 0.955 bits per heavy atom. The Bertz CT molecular complexity index is 326. The van der Waals surface area contributed by atoms with Crippen molar-refractivity contribution in [2.75, 3.05) is 39.3 Å². The van der Waals surface area contributed by atoms with Gasteiger partial charge >= 0.3 is 0 Å². The fourth-order valence-corrected chi connectivity index (χ4v) is 4.13. The minimum atomic E-state index is 0.358. The van der Waals surface area contributed by atoms with Gasteiger partial charge in [0, 0.05) is 12.3 Å². The maximum Gasteiger partial charge on any atom is 0.135 e. The van der Waals surface area contributed by atoms with E-state index in [1.54, 1.807) is 0 Å². The van der Waals surface area contributed by atoms with Gasteiger partial charge < -0.3 is 9.80 Å². The molecule has 2 aliphatic rings. The van der Waals surface area contributed by atoms with Gasteiger partial charge in [-0.2, -0.15) is 0 Å². The number of ketones is 1. The average Bonchev–Trinajstić information content (AvgIpc) is 2.55. The summed E-state index contributed by atoms with van der Waals surface area (Å²) in [6.07, 6.45) is 6.97. The van der Waals surface area contributed by atoms with Crippen LogP contribution in [0.4, 0.5) is 0 Å². The molecule has 128 valence electrons. The normalized spacial score (nSPS) is 23.3. The summed E-state index contributed by atoms with van der Waals surface area (Å²) >= 11 is 0. The Morgan fingerprint density at radius 2 is 1.45 bits per heavy atom. The third-order valence-electron chi connectivity index (χ3n) is 5.92. The molecule has 2 rings (SSSR count). The zero-order chi connectivity index (χ0) is 15.9. The Balaban J connectivity index is 1.56. The van der Waals surface area contributed by atoms with Gasteiger partial charge in [-0.25, -0.2) is 0 Å². The molecule has 0 aromatic rings. The van der Waals surface area contributed by atoms with Crippen LogP contribution in [0.15, 0.2) is 0 Å². The van der Waals surface area contributed by atoms with E-state index in [1.807, 2.05) is 6.92 Å². The molecule has 0 saturated carbocycles. The minimum absolute atomic E-state index is 0.358. The van der Waals surface area contributed by atoms with E-state index in [-0.39, 0.29) is 0 Å². The van der Waals surface area contributed by atoms with Crippen molar-refractivity contribution in [3.8, 4) is 0 Å². The van der Waals surface area contributed by atoms with Crippen molar-refractivity contribution in [2.24, 2.45) is 17.8 Å². The second-order valence-electron chi connectivity index (χ2n) is 7.71. The van der Waals surface area contributed by atoms with Crippen LogP contribution in [0.5, 0.6) is 0 Å². The van der Waals surface area contributed by atoms with Gasteiger partial charge in [-0.15, -0.1) is 0 Å². The zero-order valence-electron chi connectivity index (χ0n) is 15.0. The van der Waals surface area contributed by atoms with Gasteiger partial charge in [-0.3, -0.25) is 4.79 Å². The lowest BCUT2D eigenvalue weighted by atomic mass is 9.87. The second kappa shape index (κ2) is 9.02. The number of carbonyl (C=O) groups is 1. The predicted molar refractivity (Wildman–Crippen MR) is 93.1 cm³/mol. The van der Waals surface area contributed by atoms with Crippen LogP contribution in [-0.2, 0) is 4.79 Å². The molecule has 0 atom stereocenters. The van der Waals surface area contributed by atoms with Crippen molar-refractivity contribution in [3.63, 3.8) is 0 Å². The first-order chi connectivity index (χ1) is 10.6. The molecule has 0 aromatic heterocycles. The SMILES string of the molecule is CCC(=O)C1CCN(CCCN2CCC(C(C)C)CC2)CC1. The Labute approximate surface area is 137 Å². The third-order valence-corrected chi connectivity index (χ3v) is 5.92. The van der Waals surface area contributed by atoms with Crippen LogP contribution in [-0.4, -0.2) is 54.9 Å². The summed E-state index contributed by atoms with van der Waals surface area (Å²) in [7, 11) is 0. The smallest absolute Gasteiger partial charge is 0.135 e. The fourth-order valence-electron chi connectivity index (χ4n) is 4.13. The number of rotatable bonds is 7. The number of nitrogens with zero attached hydrogens (tertiary/aromatic N) is 2. The molecule has 2 heterocycles. The molecule has 0 unspecified atom stereocenters. The van der Waals surface area contributed by atoms with Crippen molar-refractivity contribution >= 4 is 5.78 Å². The molecular formula is C19H36N2O. The Morgan fingerprint density at radius 3 is 1.91 bits per heavy atom. The van der Waals surface area contributed by atoms with Gasteiger partial charge in [0.05, 0.1) is 0 Å². The molecule has 2 aliphatic heterocycles. The molecule has 0 aromatic carbocycles. The predicted octanol–water partition coefficient (Wildman–Crippen LogP) is 3.44. The minimum Gasteiger partial charge on any atom is -0.303 e. The Kier molecular flexibility index (Phi) is 7.36. The van der Waals surface area contributed by atoms with E-state index in [1.165, 1.54) is 45.4 Å². The van der Waals surface area contributed by atoms with E-state index < -0.39 is 0 Å². The largest absolute Gasteiger partial charge is 0.303 e. The van der Waals surface area contributed by atoms with E-state index in [9.17, 15) is 4.79 Å². The highest BCUT2D eigenvalue weighted by Crippen LogP contribution is 2.24. The van der Waals surface area contributed by atoms with E-state index in [2.05, 4.69) is 23.6 Å². The Hall–Kier alpha value is -0.410. The maximum absolute atomic E-state index is 11.7. The van der Waals surface area contributed by atoms with Gasteiger partial charge in [-0.05, 0) is 83.2 Å². The number of piperidine rings is 2. The number of Topliss-reactive ketones (excluding diaryl/α,β-unsaturated/α-hetero) is 1. The lowest BCUT2D eigenvalue weighted by molar-refractivity contribution is -0.123. The van der Waals surface area contributed by atoms with Gasteiger partial charge in [0.1, 0.15) is 5.78 Å². The van der Waals surface area contributed by atoms with Gasteiger partial charge in [0.2, 0.25) is 0 Å². The average molecular weight is 309 g/mol. The highest BCUT2D eigenvalue weighted by Gasteiger charge is 2.24. The van der Waals surface area contributed by atoms with E-state index in [0.29, 0.717) is 11.7 Å². The highest BCUT2D eigenvalue weighted by molar-refractivity contribution is 5.80. The standard InChI is InChI=1S/C19H36N2O/c1-4-19(22)18-8-14-21(15-9-18)11-5-10-20-12-6-17(7-13-20)16(2)3/h16-18H,4-15H2,1-3H3. The van der Waals surface area contributed by atoms with Crippen LogP contribution in [0, 0.1) is 17.8 Å². The van der Waals surface area contributed by atoms with Gasteiger partial charge in [0.25, 0.3) is 0 Å². The molecule has 22 heavy (non-hydrogen) atoms. The molecule has 0 aliphatic carbocycles. The first-order valence-electron chi connectivity index (χ1n) is 9.57. The number of hydrogen-bond acceptors (Lipinski definition) is 3. The van der Waals surface area contributed by atoms with Gasteiger partial charge in [0.15, 0.2) is 0 Å². The molecule has 2 fully saturated rings. The van der Waals surface area contributed by atoms with Crippen LogP contribution in [0.25, 0.3) is 0 Å². The molecule has 0 bridgehead atoms. The fraction of sp³-hybridized carbons (Fsp3) is 0.947. The topological polar surface area (TPSA) is 23.6 Å². The summed E-state index contributed by atoms with van der Waals surface area (Å²) in [6.45, 7) is 14.1. The highest BCUT2D eigenvalue weighted by atomic mass is 16.1. The number of likely N-dealkylation sites (tertiary alicyclic amines) is 2. The summed E-state index contributed by atoms with van der Waals surface area (Å²) in [4.78, 5) is 17.0. The summed E-state index contributed by atoms with van der Waals surface area (Å²) in [5.74, 6) is 2.64. The summed E-state index contributed by atoms with van der Waals surface area (Å²) in [5.41, 5.74) is 0. The van der Waals surface area contributed by atoms with Gasteiger partial charge in [-0.1, -0.05) is 20.8 Å². The molecule has 2 saturated heterocycles. The maximum atomic E-state index is 11.7. The number of hydrogen-bond donors (Lipinski definition) is 0. The van der Waals surface area contributed by atoms with Crippen molar-refractivity contribution in [3.05, 3.63) is 0 Å². The quantitative estimate of drug-likeness (QED) is 0.720. The third kappa shape index (κ3) is 5.34. The van der Waals surface area contributed by atoms with Crippen LogP contribution < -0.4 is 0 Å². The van der Waals surface area contributed by atoms with Crippen LogP contribution >= 0.6 is 0 Å². The van der Waals surface area contributed by atoms with E-state index >= 15 is 0 Å². The van der Waals surface area contributed by atoms with Crippen molar-refractivity contribution in [1.82, 2.24) is 9.80 Å². The first kappa shape index (κ1) is 17.9. The summed E-state index contributed by atoms with van der Waals surface area (Å²) in [5, 5.41) is 0. The lowest BCUT2D eigenvalue weighted by Gasteiger charge is -2.35. The molecular weight excluding hydrogens is 272 g/mol. The molecule has 0 amide bonds. The van der Waals surface area contributed by atoms with Crippen LogP contribution in [0.1, 0.15) is 59.3 Å². The molecule has 0 radical (unpaired) electrons. The van der Waals surface area contributed by atoms with Crippen molar-refractivity contribution in [1.29, 1.82) is 0 Å². The molecule has 3 heteroatoms. The summed E-state index contributed by atoms with van der Waals surface area (Å²) < 4.78 is 0. The molecule has 0 N–H and O–H groups in total. The van der Waals surface area contributed by atoms with E-state index in [4.69, 9.17) is 0 Å². The summed E-state index contributed by atoms with van der Waals surface area (Å²) in [6, 6.07) is 0. The lowest BCUT2D eigenvalue weighted by Crippen LogP contribution is -2.39. The number of carbonyl (C=O) groups excluding carboxylic acids is 1. The van der Waals surface area contributed by atoms with E-state index in [0.717, 1.165) is 44.2 Å². The molecule has 3 nitrogen and oxygen atoms in total. The first-order valence-corrected chi connectivity index (χ1v) is 9.57. The van der Waals surface area contributed by atoms with Crippen LogP contribution in [0.3, 0.4) is 0 Å². The zero-order valence-corrected chi connectivity index (χ0v) is 15.0. The monoisotopic (exact) mass is 308 g/mol. The van der Waals surface area contributed by atoms with Crippen molar-refractivity contribution in [2.45, 2.75) is 59.3 Å². The molecule has 0 spiro atoms.